The van der Waals surface area contributed by atoms with Crippen LogP contribution in [0.3, 0.4) is 0 Å². The predicted octanol–water partition coefficient (Wildman–Crippen LogP) is 5.11. The molecule has 2 fully saturated rings. The van der Waals surface area contributed by atoms with Crippen LogP contribution in [0.2, 0.25) is 0 Å². The van der Waals surface area contributed by atoms with Gasteiger partial charge in [-0.25, -0.2) is 0 Å². The Balaban J connectivity index is 1.94. The maximum atomic E-state index is 9.99. The molecule has 1 heteroatoms. The lowest BCUT2D eigenvalue weighted by Gasteiger charge is -2.59. The zero-order valence-corrected chi connectivity index (χ0v) is 14.1. The van der Waals surface area contributed by atoms with E-state index in [0.717, 1.165) is 5.92 Å². The zero-order chi connectivity index (χ0) is 15.3. The predicted molar refractivity (Wildman–Crippen MR) is 89.0 cm³/mol. The van der Waals surface area contributed by atoms with Crippen molar-refractivity contribution in [3.63, 3.8) is 0 Å². The molecule has 5 atom stereocenters. The molecule has 3 aliphatic rings. The fraction of sp³-hybridized carbons (Fsp3) is 0.800. The van der Waals surface area contributed by atoms with Gasteiger partial charge in [0.25, 0.3) is 0 Å². The van der Waals surface area contributed by atoms with E-state index in [9.17, 15) is 5.11 Å². The van der Waals surface area contributed by atoms with Crippen molar-refractivity contribution in [2.75, 3.05) is 6.61 Å². The molecule has 0 aromatic carbocycles. The molecule has 1 N–H and O–H groups in total. The molecular formula is C20H32O. The highest BCUT2D eigenvalue weighted by Gasteiger charge is 2.55. The van der Waals surface area contributed by atoms with Crippen LogP contribution in [0.1, 0.15) is 65.7 Å². The normalized spacial score (nSPS) is 49.8. The standard InChI is InChI=1S/C20H32O/c1-5-18(2)12-9-16-15(13-18)7-8-17-19(3,14-21)10-6-11-20(16,17)4/h5,7,16-17,21H,1,6,8-14H2,2-4H3/t16-,17+,18+,19+,20-/m0/s1. The Morgan fingerprint density at radius 3 is 2.71 bits per heavy atom. The van der Waals surface area contributed by atoms with Crippen molar-refractivity contribution in [1.29, 1.82) is 0 Å². The quantitative estimate of drug-likeness (QED) is 0.700. The van der Waals surface area contributed by atoms with Crippen LogP contribution >= 0.6 is 0 Å². The van der Waals surface area contributed by atoms with Gasteiger partial charge in [-0.1, -0.05) is 44.9 Å². The molecular weight excluding hydrogens is 256 g/mol. The van der Waals surface area contributed by atoms with Crippen molar-refractivity contribution < 1.29 is 5.11 Å². The fourth-order valence-corrected chi connectivity index (χ4v) is 5.93. The van der Waals surface area contributed by atoms with Gasteiger partial charge in [0.05, 0.1) is 0 Å². The van der Waals surface area contributed by atoms with Crippen LogP contribution in [0.15, 0.2) is 24.3 Å². The van der Waals surface area contributed by atoms with Gasteiger partial charge in [-0.2, -0.15) is 0 Å². The van der Waals surface area contributed by atoms with Gasteiger partial charge in [-0.05, 0) is 66.6 Å². The van der Waals surface area contributed by atoms with Gasteiger partial charge < -0.3 is 5.11 Å². The Bertz CT molecular complexity index is 464. The number of hydrogen-bond donors (Lipinski definition) is 1. The summed E-state index contributed by atoms with van der Waals surface area (Å²) in [5.41, 5.74) is 2.54. The number of fused-ring (bicyclic) bond motifs is 3. The molecule has 0 aliphatic heterocycles. The molecule has 0 heterocycles. The van der Waals surface area contributed by atoms with E-state index in [1.165, 1.54) is 44.9 Å². The lowest BCUT2D eigenvalue weighted by molar-refractivity contribution is -0.0805. The van der Waals surface area contributed by atoms with E-state index >= 15 is 0 Å². The van der Waals surface area contributed by atoms with Crippen LogP contribution in [0, 0.1) is 28.1 Å². The first-order valence-electron chi connectivity index (χ1n) is 8.80. The van der Waals surface area contributed by atoms with E-state index in [1.807, 2.05) is 0 Å². The van der Waals surface area contributed by atoms with Gasteiger partial charge in [0.2, 0.25) is 0 Å². The topological polar surface area (TPSA) is 20.2 Å². The van der Waals surface area contributed by atoms with Crippen molar-refractivity contribution >= 4 is 0 Å². The minimum Gasteiger partial charge on any atom is -0.396 e. The first-order valence-corrected chi connectivity index (χ1v) is 8.80. The molecule has 118 valence electrons. The van der Waals surface area contributed by atoms with Gasteiger partial charge in [0, 0.05) is 6.61 Å². The summed E-state index contributed by atoms with van der Waals surface area (Å²) in [5.74, 6) is 1.40. The third kappa shape index (κ3) is 2.23. The van der Waals surface area contributed by atoms with Crippen LogP contribution in [-0.2, 0) is 0 Å². The van der Waals surface area contributed by atoms with Crippen molar-refractivity contribution in [3.05, 3.63) is 24.3 Å². The van der Waals surface area contributed by atoms with E-state index in [1.54, 1.807) is 5.57 Å². The summed E-state index contributed by atoms with van der Waals surface area (Å²) < 4.78 is 0. The Kier molecular flexibility index (Phi) is 3.64. The van der Waals surface area contributed by atoms with E-state index in [0.29, 0.717) is 23.4 Å². The monoisotopic (exact) mass is 288 g/mol. The molecule has 2 saturated carbocycles. The minimum absolute atomic E-state index is 0.133. The first-order chi connectivity index (χ1) is 9.87. The number of aliphatic hydroxyl groups excluding tert-OH is 1. The second kappa shape index (κ2) is 4.98. The van der Waals surface area contributed by atoms with Crippen LogP contribution in [0.25, 0.3) is 0 Å². The Morgan fingerprint density at radius 1 is 1.29 bits per heavy atom. The minimum atomic E-state index is 0.133. The maximum Gasteiger partial charge on any atom is 0.0487 e. The molecule has 0 saturated heterocycles. The summed E-state index contributed by atoms with van der Waals surface area (Å²) in [5, 5.41) is 9.99. The summed E-state index contributed by atoms with van der Waals surface area (Å²) in [4.78, 5) is 0. The van der Waals surface area contributed by atoms with Gasteiger partial charge in [-0.15, -0.1) is 6.58 Å². The number of aliphatic hydroxyl groups is 1. The Labute approximate surface area is 130 Å². The van der Waals surface area contributed by atoms with Crippen LogP contribution in [-0.4, -0.2) is 11.7 Å². The average Bonchev–Trinajstić information content (AvgIpc) is 2.46. The Morgan fingerprint density at radius 2 is 2.05 bits per heavy atom. The molecule has 3 aliphatic carbocycles. The average molecular weight is 288 g/mol. The summed E-state index contributed by atoms with van der Waals surface area (Å²) >= 11 is 0. The van der Waals surface area contributed by atoms with Gasteiger partial charge >= 0.3 is 0 Å². The van der Waals surface area contributed by atoms with Crippen molar-refractivity contribution in [3.8, 4) is 0 Å². The molecule has 0 spiro atoms. The third-order valence-corrected chi connectivity index (χ3v) is 7.43. The Hall–Kier alpha value is -0.560. The third-order valence-electron chi connectivity index (χ3n) is 7.43. The number of rotatable bonds is 2. The molecule has 0 radical (unpaired) electrons. The maximum absolute atomic E-state index is 9.99. The number of allylic oxidation sites excluding steroid dienone is 3. The highest BCUT2D eigenvalue weighted by molar-refractivity contribution is 5.25. The molecule has 1 nitrogen and oxygen atoms in total. The molecule has 0 aromatic rings. The molecule has 21 heavy (non-hydrogen) atoms. The summed E-state index contributed by atoms with van der Waals surface area (Å²) in [6.07, 6.45) is 13.5. The van der Waals surface area contributed by atoms with E-state index in [4.69, 9.17) is 0 Å². The molecule has 0 amide bonds. The fourth-order valence-electron chi connectivity index (χ4n) is 5.93. The largest absolute Gasteiger partial charge is 0.396 e. The van der Waals surface area contributed by atoms with E-state index in [-0.39, 0.29) is 5.41 Å². The lowest BCUT2D eigenvalue weighted by atomic mass is 9.45. The summed E-state index contributed by atoms with van der Waals surface area (Å²) in [6.45, 7) is 11.6. The van der Waals surface area contributed by atoms with Gasteiger partial charge in [-0.3, -0.25) is 0 Å². The van der Waals surface area contributed by atoms with E-state index < -0.39 is 0 Å². The summed E-state index contributed by atoms with van der Waals surface area (Å²) in [6, 6.07) is 0. The van der Waals surface area contributed by atoms with Crippen LogP contribution in [0.5, 0.6) is 0 Å². The molecule has 0 bridgehead atoms. The smallest absolute Gasteiger partial charge is 0.0487 e. The highest BCUT2D eigenvalue weighted by atomic mass is 16.3. The van der Waals surface area contributed by atoms with Gasteiger partial charge in [0.15, 0.2) is 0 Å². The van der Waals surface area contributed by atoms with Crippen LogP contribution in [0.4, 0.5) is 0 Å². The molecule has 0 unspecified atom stereocenters. The van der Waals surface area contributed by atoms with Crippen molar-refractivity contribution in [2.24, 2.45) is 28.1 Å². The highest BCUT2D eigenvalue weighted by Crippen LogP contribution is 2.63. The second-order valence-electron chi connectivity index (χ2n) is 8.87. The molecule has 0 aromatic heterocycles. The van der Waals surface area contributed by atoms with Crippen molar-refractivity contribution in [1.82, 2.24) is 0 Å². The molecule has 3 rings (SSSR count). The van der Waals surface area contributed by atoms with Crippen molar-refractivity contribution in [2.45, 2.75) is 65.7 Å². The summed E-state index contributed by atoms with van der Waals surface area (Å²) in [7, 11) is 0. The first kappa shape index (κ1) is 15.3. The van der Waals surface area contributed by atoms with Crippen LogP contribution < -0.4 is 0 Å². The zero-order valence-electron chi connectivity index (χ0n) is 14.1. The SMILES string of the molecule is C=C[C@]1(C)CC[C@H]2C(=CC[C@@H]3[C@@](C)(CO)CCC[C@]32C)C1. The second-order valence-corrected chi connectivity index (χ2v) is 8.87. The number of hydrogen-bond acceptors (Lipinski definition) is 1. The van der Waals surface area contributed by atoms with Gasteiger partial charge in [0.1, 0.15) is 0 Å². The van der Waals surface area contributed by atoms with E-state index in [2.05, 4.69) is 39.5 Å². The lowest BCUT2D eigenvalue weighted by Crippen LogP contribution is -2.52.